The molecule has 3 aromatic rings. The van der Waals surface area contributed by atoms with E-state index in [1.807, 2.05) is 6.07 Å². The van der Waals surface area contributed by atoms with E-state index >= 15 is 0 Å². The molecule has 2 fully saturated rings. The van der Waals surface area contributed by atoms with Crippen LogP contribution in [0.4, 0.5) is 5.69 Å². The van der Waals surface area contributed by atoms with Gasteiger partial charge in [0.05, 0.1) is 24.1 Å². The lowest BCUT2D eigenvalue weighted by Gasteiger charge is -2.36. The average Bonchev–Trinajstić information content (AvgIpc) is 3.60. The van der Waals surface area contributed by atoms with E-state index < -0.39 is 0 Å². The molecular formula is C22H26N6O2. The number of fused-ring (bicyclic) bond motifs is 1. The standard InChI is InChI=1S/C22H26N6O2/c1-26-20(23-7-6-21(26)29)13-27-8-10-28(11-9-27)17-4-5-19-18(12-17)22(25-15-24-19)30-14-16-2-3-16/h4-7,12,15-16H,2-3,8-11,13-14H2,1H3. The Morgan fingerprint density at radius 1 is 1.07 bits per heavy atom. The molecule has 2 aromatic heterocycles. The largest absolute Gasteiger partial charge is 0.477 e. The van der Waals surface area contributed by atoms with Gasteiger partial charge < -0.3 is 9.64 Å². The minimum Gasteiger partial charge on any atom is -0.477 e. The Hall–Kier alpha value is -3.00. The Bertz CT molecular complexity index is 1100. The second-order valence-electron chi connectivity index (χ2n) is 8.16. The van der Waals surface area contributed by atoms with Crippen LogP contribution < -0.4 is 15.2 Å². The van der Waals surface area contributed by atoms with Crippen LogP contribution in [0.2, 0.25) is 0 Å². The molecule has 8 heteroatoms. The van der Waals surface area contributed by atoms with Crippen molar-refractivity contribution < 1.29 is 4.74 Å². The van der Waals surface area contributed by atoms with Crippen LogP contribution in [-0.2, 0) is 13.6 Å². The molecule has 0 bridgehead atoms. The normalized spacial score (nSPS) is 17.4. The van der Waals surface area contributed by atoms with Gasteiger partial charge in [0.15, 0.2) is 0 Å². The Morgan fingerprint density at radius 3 is 2.70 bits per heavy atom. The van der Waals surface area contributed by atoms with Crippen molar-refractivity contribution in [2.75, 3.05) is 37.7 Å². The van der Waals surface area contributed by atoms with Gasteiger partial charge in [0.2, 0.25) is 5.88 Å². The predicted molar refractivity (Wildman–Crippen MR) is 115 cm³/mol. The van der Waals surface area contributed by atoms with Crippen molar-refractivity contribution in [1.82, 2.24) is 24.4 Å². The smallest absolute Gasteiger partial charge is 0.253 e. The lowest BCUT2D eigenvalue weighted by molar-refractivity contribution is 0.240. The van der Waals surface area contributed by atoms with Crippen LogP contribution in [0.5, 0.6) is 5.88 Å². The molecule has 1 saturated carbocycles. The number of piperazine rings is 1. The van der Waals surface area contributed by atoms with E-state index in [0.717, 1.165) is 49.5 Å². The van der Waals surface area contributed by atoms with Gasteiger partial charge in [-0.25, -0.2) is 15.0 Å². The Balaban J connectivity index is 1.27. The molecule has 5 rings (SSSR count). The Kier molecular flexibility index (Phi) is 5.08. The first kappa shape index (κ1) is 19.0. The SMILES string of the molecule is Cn1c(CN2CCN(c3ccc4ncnc(OCC5CC5)c4c3)CC2)nccc1=O. The van der Waals surface area contributed by atoms with E-state index in [2.05, 4.69) is 36.9 Å². The van der Waals surface area contributed by atoms with Crippen molar-refractivity contribution in [3.05, 3.63) is 53.0 Å². The molecule has 1 aliphatic carbocycles. The summed E-state index contributed by atoms with van der Waals surface area (Å²) in [6.07, 6.45) is 5.68. The van der Waals surface area contributed by atoms with E-state index in [1.165, 1.54) is 24.6 Å². The lowest BCUT2D eigenvalue weighted by atomic mass is 10.2. The highest BCUT2D eigenvalue weighted by atomic mass is 16.5. The highest BCUT2D eigenvalue weighted by molar-refractivity contribution is 5.86. The molecule has 1 saturated heterocycles. The average molecular weight is 406 g/mol. The van der Waals surface area contributed by atoms with E-state index in [4.69, 9.17) is 4.74 Å². The van der Waals surface area contributed by atoms with Crippen molar-refractivity contribution in [2.45, 2.75) is 19.4 Å². The van der Waals surface area contributed by atoms with Gasteiger partial charge in [0, 0.05) is 51.2 Å². The second kappa shape index (κ2) is 8.02. The summed E-state index contributed by atoms with van der Waals surface area (Å²) < 4.78 is 7.60. The molecule has 0 radical (unpaired) electrons. The van der Waals surface area contributed by atoms with Gasteiger partial charge in [-0.3, -0.25) is 14.3 Å². The Morgan fingerprint density at radius 2 is 1.90 bits per heavy atom. The van der Waals surface area contributed by atoms with Gasteiger partial charge in [-0.1, -0.05) is 0 Å². The first-order valence-electron chi connectivity index (χ1n) is 10.5. The predicted octanol–water partition coefficient (Wildman–Crippen LogP) is 1.83. The molecule has 0 atom stereocenters. The fraction of sp³-hybridized carbons (Fsp3) is 0.455. The van der Waals surface area contributed by atoms with E-state index in [1.54, 1.807) is 24.1 Å². The molecule has 0 unspecified atom stereocenters. The molecule has 0 N–H and O–H groups in total. The quantitative estimate of drug-likeness (QED) is 0.618. The molecule has 1 aromatic carbocycles. The second-order valence-corrected chi connectivity index (χ2v) is 8.16. The first-order chi connectivity index (χ1) is 14.7. The number of nitrogens with zero attached hydrogens (tertiary/aromatic N) is 6. The van der Waals surface area contributed by atoms with Crippen molar-refractivity contribution in [1.29, 1.82) is 0 Å². The maximum Gasteiger partial charge on any atom is 0.253 e. The molecular weight excluding hydrogens is 380 g/mol. The molecule has 1 aliphatic heterocycles. The summed E-state index contributed by atoms with van der Waals surface area (Å²) >= 11 is 0. The molecule has 0 amide bonds. The summed E-state index contributed by atoms with van der Waals surface area (Å²) in [5.41, 5.74) is 2.06. The highest BCUT2D eigenvalue weighted by Crippen LogP contribution is 2.32. The van der Waals surface area contributed by atoms with Gasteiger partial charge in [-0.2, -0.15) is 0 Å². The van der Waals surface area contributed by atoms with E-state index in [0.29, 0.717) is 18.3 Å². The summed E-state index contributed by atoms with van der Waals surface area (Å²) in [5, 5.41) is 0.974. The molecule has 0 spiro atoms. The molecule has 3 heterocycles. The number of ether oxygens (including phenoxy) is 1. The summed E-state index contributed by atoms with van der Waals surface area (Å²) in [6, 6.07) is 7.81. The van der Waals surface area contributed by atoms with E-state index in [-0.39, 0.29) is 5.56 Å². The molecule has 8 nitrogen and oxygen atoms in total. The van der Waals surface area contributed by atoms with Crippen LogP contribution in [0.1, 0.15) is 18.7 Å². The van der Waals surface area contributed by atoms with Crippen LogP contribution >= 0.6 is 0 Å². The summed E-state index contributed by atoms with van der Waals surface area (Å²) in [5.74, 6) is 2.17. The van der Waals surface area contributed by atoms with Crippen molar-refractivity contribution in [2.24, 2.45) is 13.0 Å². The summed E-state index contributed by atoms with van der Waals surface area (Å²) in [4.78, 5) is 29.7. The Labute approximate surface area is 175 Å². The molecule has 2 aliphatic rings. The van der Waals surface area contributed by atoms with Crippen molar-refractivity contribution in [3.63, 3.8) is 0 Å². The summed E-state index contributed by atoms with van der Waals surface area (Å²) in [7, 11) is 1.78. The number of anilines is 1. The third kappa shape index (κ3) is 4.00. The van der Waals surface area contributed by atoms with Crippen LogP contribution in [-0.4, -0.2) is 57.2 Å². The van der Waals surface area contributed by atoms with Crippen LogP contribution in [0.25, 0.3) is 10.9 Å². The molecule has 30 heavy (non-hydrogen) atoms. The fourth-order valence-electron chi connectivity index (χ4n) is 3.84. The minimum atomic E-state index is -0.0169. The van der Waals surface area contributed by atoms with Crippen LogP contribution in [0.3, 0.4) is 0 Å². The zero-order valence-corrected chi connectivity index (χ0v) is 17.2. The van der Waals surface area contributed by atoms with Crippen molar-refractivity contribution in [3.8, 4) is 5.88 Å². The van der Waals surface area contributed by atoms with E-state index in [9.17, 15) is 4.79 Å². The topological polar surface area (TPSA) is 76.4 Å². The lowest BCUT2D eigenvalue weighted by Crippen LogP contribution is -2.46. The van der Waals surface area contributed by atoms with Crippen LogP contribution in [0, 0.1) is 5.92 Å². The monoisotopic (exact) mass is 406 g/mol. The molecule has 156 valence electrons. The van der Waals surface area contributed by atoms with Crippen LogP contribution in [0.15, 0.2) is 41.6 Å². The first-order valence-corrected chi connectivity index (χ1v) is 10.5. The zero-order valence-electron chi connectivity index (χ0n) is 17.2. The van der Waals surface area contributed by atoms with Gasteiger partial charge in [0.1, 0.15) is 12.2 Å². The van der Waals surface area contributed by atoms with Crippen molar-refractivity contribution >= 4 is 16.6 Å². The van der Waals surface area contributed by atoms with Gasteiger partial charge in [-0.05, 0) is 37.0 Å². The number of hydrogen-bond acceptors (Lipinski definition) is 7. The fourth-order valence-corrected chi connectivity index (χ4v) is 3.84. The van der Waals surface area contributed by atoms with Gasteiger partial charge in [0.25, 0.3) is 5.56 Å². The zero-order chi connectivity index (χ0) is 20.5. The van der Waals surface area contributed by atoms with Gasteiger partial charge >= 0.3 is 0 Å². The number of benzene rings is 1. The third-order valence-electron chi connectivity index (χ3n) is 6.00. The number of aromatic nitrogens is 4. The highest BCUT2D eigenvalue weighted by Gasteiger charge is 2.23. The summed E-state index contributed by atoms with van der Waals surface area (Å²) in [6.45, 7) is 5.09. The minimum absolute atomic E-state index is 0.0169. The maximum absolute atomic E-state index is 11.8. The number of hydrogen-bond donors (Lipinski definition) is 0. The maximum atomic E-state index is 11.8. The van der Waals surface area contributed by atoms with Gasteiger partial charge in [-0.15, -0.1) is 0 Å². The third-order valence-corrected chi connectivity index (χ3v) is 6.00. The number of rotatable bonds is 6.